The maximum Gasteiger partial charge on any atom is 0.238 e. The monoisotopic (exact) mass is 257 g/mol. The quantitative estimate of drug-likeness (QED) is 0.480. The predicted octanol–water partition coefficient (Wildman–Crippen LogP) is 1.07. The molecule has 6 heteroatoms. The molecule has 0 aliphatic carbocycles. The Morgan fingerprint density at radius 2 is 2.24 bits per heavy atom. The van der Waals surface area contributed by atoms with Crippen LogP contribution in [0.1, 0.15) is 18.0 Å². The third-order valence-corrected chi connectivity index (χ3v) is 2.69. The molecular formula is C11H16ClN3O2. The number of benzene rings is 1. The zero-order valence-electron chi connectivity index (χ0n) is 9.81. The minimum atomic E-state index is -0.433. The summed E-state index contributed by atoms with van der Waals surface area (Å²) in [4.78, 5) is 11.4. The van der Waals surface area contributed by atoms with Crippen LogP contribution < -0.4 is 16.3 Å². The van der Waals surface area contributed by atoms with Crippen molar-refractivity contribution in [1.29, 1.82) is 0 Å². The maximum atomic E-state index is 11.4. The molecule has 4 N–H and O–H groups in total. The van der Waals surface area contributed by atoms with E-state index in [1.54, 1.807) is 18.2 Å². The molecule has 0 saturated carbocycles. The molecule has 0 saturated heterocycles. The Kier molecular flexibility index (Phi) is 4.74. The molecule has 0 aliphatic heterocycles. The van der Waals surface area contributed by atoms with E-state index in [-0.39, 0.29) is 12.3 Å². The molecule has 1 rings (SSSR count). The lowest BCUT2D eigenvalue weighted by Gasteiger charge is -2.16. The van der Waals surface area contributed by atoms with Gasteiger partial charge in [-0.3, -0.25) is 9.80 Å². The van der Waals surface area contributed by atoms with Crippen LogP contribution in [0.3, 0.4) is 0 Å². The van der Waals surface area contributed by atoms with Crippen molar-refractivity contribution < 1.29 is 9.53 Å². The third-order valence-electron chi connectivity index (χ3n) is 2.39. The van der Waals surface area contributed by atoms with Crippen LogP contribution in [0.2, 0.25) is 5.02 Å². The largest absolute Gasteiger partial charge is 0.495 e. The number of rotatable bonds is 4. The van der Waals surface area contributed by atoms with E-state index in [0.29, 0.717) is 10.8 Å². The number of nitrogens with zero attached hydrogens (tertiary/aromatic N) is 1. The van der Waals surface area contributed by atoms with Gasteiger partial charge in [0.25, 0.3) is 0 Å². The number of amides is 1. The van der Waals surface area contributed by atoms with Gasteiger partial charge in [0.05, 0.1) is 12.1 Å². The summed E-state index contributed by atoms with van der Waals surface area (Å²) in [7, 11) is 3.02. The highest BCUT2D eigenvalue weighted by molar-refractivity contribution is 6.32. The number of hydrazine groups is 1. The number of hydrogen-bond acceptors (Lipinski definition) is 4. The van der Waals surface area contributed by atoms with Gasteiger partial charge >= 0.3 is 0 Å². The number of ether oxygens (including phenoxy) is 1. The van der Waals surface area contributed by atoms with E-state index in [2.05, 4.69) is 0 Å². The highest BCUT2D eigenvalue weighted by atomic mass is 35.5. The van der Waals surface area contributed by atoms with Crippen LogP contribution in [0.15, 0.2) is 18.2 Å². The van der Waals surface area contributed by atoms with Crippen molar-refractivity contribution in [3.05, 3.63) is 28.8 Å². The number of halogens is 1. The van der Waals surface area contributed by atoms with Crippen LogP contribution in [0, 0.1) is 0 Å². The Bertz CT molecular complexity index is 410. The fourth-order valence-electron chi connectivity index (χ4n) is 1.36. The van der Waals surface area contributed by atoms with E-state index < -0.39 is 6.04 Å². The van der Waals surface area contributed by atoms with Crippen molar-refractivity contribution in [2.75, 3.05) is 14.2 Å². The highest BCUT2D eigenvalue weighted by Gasteiger charge is 2.14. The van der Waals surface area contributed by atoms with Crippen LogP contribution in [-0.2, 0) is 4.79 Å². The second-order valence-electron chi connectivity index (χ2n) is 3.71. The first-order valence-corrected chi connectivity index (χ1v) is 5.43. The summed E-state index contributed by atoms with van der Waals surface area (Å²) in [6.45, 7) is 0. The normalized spacial score (nSPS) is 12.1. The van der Waals surface area contributed by atoms with Gasteiger partial charge in [-0.2, -0.15) is 0 Å². The van der Waals surface area contributed by atoms with Gasteiger partial charge in [-0.15, -0.1) is 0 Å². The topological polar surface area (TPSA) is 81.6 Å². The average molecular weight is 258 g/mol. The summed E-state index contributed by atoms with van der Waals surface area (Å²) in [6.07, 6.45) is 0.135. The van der Waals surface area contributed by atoms with Gasteiger partial charge in [0.2, 0.25) is 5.91 Å². The van der Waals surface area contributed by atoms with Crippen molar-refractivity contribution in [2.45, 2.75) is 12.5 Å². The van der Waals surface area contributed by atoms with E-state index in [0.717, 1.165) is 10.6 Å². The molecule has 5 nitrogen and oxygen atoms in total. The molecule has 0 aromatic heterocycles. The molecule has 0 spiro atoms. The second kappa shape index (κ2) is 5.86. The zero-order chi connectivity index (χ0) is 13.0. The van der Waals surface area contributed by atoms with Gasteiger partial charge in [0.15, 0.2) is 0 Å². The van der Waals surface area contributed by atoms with Crippen molar-refractivity contribution in [2.24, 2.45) is 11.6 Å². The first-order valence-electron chi connectivity index (χ1n) is 5.06. The molecule has 1 aromatic carbocycles. The summed E-state index contributed by atoms with van der Waals surface area (Å²) in [5.74, 6) is 5.66. The van der Waals surface area contributed by atoms with E-state index in [1.807, 2.05) is 0 Å². The van der Waals surface area contributed by atoms with E-state index in [4.69, 9.17) is 27.9 Å². The lowest BCUT2D eigenvalue weighted by molar-refractivity contribution is -0.130. The SMILES string of the molecule is COc1ccc(C(N)CC(=O)N(C)N)cc1Cl. The molecule has 0 aliphatic rings. The van der Waals surface area contributed by atoms with Crippen LogP contribution in [0.4, 0.5) is 0 Å². The molecule has 0 heterocycles. The fraction of sp³-hybridized carbons (Fsp3) is 0.364. The van der Waals surface area contributed by atoms with E-state index in [1.165, 1.54) is 14.2 Å². The maximum absolute atomic E-state index is 11.4. The Labute approximate surface area is 105 Å². The van der Waals surface area contributed by atoms with E-state index in [9.17, 15) is 4.79 Å². The minimum Gasteiger partial charge on any atom is -0.495 e. The molecular weight excluding hydrogens is 242 g/mol. The van der Waals surface area contributed by atoms with Crippen LogP contribution in [0.5, 0.6) is 5.75 Å². The average Bonchev–Trinajstić information content (AvgIpc) is 2.28. The number of methoxy groups -OCH3 is 1. The molecule has 0 fully saturated rings. The third kappa shape index (κ3) is 3.59. The van der Waals surface area contributed by atoms with E-state index >= 15 is 0 Å². The van der Waals surface area contributed by atoms with Crippen LogP contribution in [-0.4, -0.2) is 25.1 Å². The van der Waals surface area contributed by atoms with Crippen molar-refractivity contribution in [1.82, 2.24) is 5.01 Å². The predicted molar refractivity (Wildman–Crippen MR) is 66.5 cm³/mol. The van der Waals surface area contributed by atoms with Gasteiger partial charge in [0, 0.05) is 19.5 Å². The Morgan fingerprint density at radius 3 is 2.71 bits per heavy atom. The summed E-state index contributed by atoms with van der Waals surface area (Å²) < 4.78 is 5.03. The number of carbonyl (C=O) groups is 1. The lowest BCUT2D eigenvalue weighted by Crippen LogP contribution is -2.35. The van der Waals surface area contributed by atoms with Gasteiger partial charge < -0.3 is 10.5 Å². The lowest BCUT2D eigenvalue weighted by atomic mass is 10.0. The molecule has 1 amide bonds. The smallest absolute Gasteiger partial charge is 0.238 e. The number of carbonyl (C=O) groups excluding carboxylic acids is 1. The zero-order valence-corrected chi connectivity index (χ0v) is 10.6. The molecule has 94 valence electrons. The molecule has 0 bridgehead atoms. The summed E-state index contributed by atoms with van der Waals surface area (Å²) >= 11 is 5.97. The summed E-state index contributed by atoms with van der Waals surface area (Å²) in [5, 5.41) is 1.49. The number of hydrogen-bond donors (Lipinski definition) is 2. The van der Waals surface area contributed by atoms with Crippen LogP contribution in [0.25, 0.3) is 0 Å². The van der Waals surface area contributed by atoms with Crippen molar-refractivity contribution in [3.8, 4) is 5.75 Å². The summed E-state index contributed by atoms with van der Waals surface area (Å²) in [6, 6.07) is 4.75. The number of nitrogens with two attached hydrogens (primary N) is 2. The minimum absolute atomic E-state index is 0.135. The van der Waals surface area contributed by atoms with Crippen molar-refractivity contribution in [3.63, 3.8) is 0 Å². The van der Waals surface area contributed by atoms with Crippen molar-refractivity contribution >= 4 is 17.5 Å². The highest BCUT2D eigenvalue weighted by Crippen LogP contribution is 2.27. The Morgan fingerprint density at radius 1 is 1.59 bits per heavy atom. The molecule has 17 heavy (non-hydrogen) atoms. The first kappa shape index (κ1) is 13.8. The van der Waals surface area contributed by atoms with Gasteiger partial charge in [0.1, 0.15) is 5.75 Å². The Balaban J connectivity index is 2.79. The summed E-state index contributed by atoms with van der Waals surface area (Å²) in [5.41, 5.74) is 6.66. The molecule has 1 atom stereocenters. The van der Waals surface area contributed by atoms with Gasteiger partial charge in [-0.1, -0.05) is 17.7 Å². The van der Waals surface area contributed by atoms with Crippen LogP contribution >= 0.6 is 11.6 Å². The Hall–Kier alpha value is -1.30. The standard InChI is InChI=1S/C11H16ClN3O2/c1-15(14)11(16)6-9(13)7-3-4-10(17-2)8(12)5-7/h3-5,9H,6,13-14H2,1-2H3. The second-order valence-corrected chi connectivity index (χ2v) is 4.12. The molecule has 1 unspecified atom stereocenters. The first-order chi connectivity index (χ1) is 7.95. The van der Waals surface area contributed by atoms with Gasteiger partial charge in [-0.25, -0.2) is 5.84 Å². The van der Waals surface area contributed by atoms with Gasteiger partial charge in [-0.05, 0) is 17.7 Å². The molecule has 0 radical (unpaired) electrons. The fourth-order valence-corrected chi connectivity index (χ4v) is 1.63. The molecule has 1 aromatic rings.